The molecular formula is C13H9F5N2O. The van der Waals surface area contributed by atoms with Crippen LogP contribution in [0.4, 0.5) is 22.0 Å². The van der Waals surface area contributed by atoms with Crippen LogP contribution in [0.5, 0.6) is 0 Å². The first-order chi connectivity index (χ1) is 9.88. The van der Waals surface area contributed by atoms with Crippen LogP contribution in [-0.4, -0.2) is 15.6 Å². The normalized spacial score (nSPS) is 11.0. The van der Waals surface area contributed by atoms with Crippen LogP contribution in [0.3, 0.4) is 0 Å². The number of halogens is 5. The molecule has 0 atom stereocenters. The molecule has 8 heteroatoms. The van der Waals surface area contributed by atoms with Crippen molar-refractivity contribution in [3.8, 4) is 0 Å². The molecule has 0 saturated heterocycles. The molecule has 0 N–H and O–H groups in total. The van der Waals surface area contributed by atoms with Crippen molar-refractivity contribution in [2.75, 3.05) is 0 Å². The van der Waals surface area contributed by atoms with E-state index in [0.29, 0.717) is 13.0 Å². The highest BCUT2D eigenvalue weighted by Crippen LogP contribution is 2.25. The minimum Gasteiger partial charge on any atom is -0.288 e. The maximum absolute atomic E-state index is 13.5. The van der Waals surface area contributed by atoms with E-state index in [0.717, 1.165) is 6.20 Å². The number of aryl methyl sites for hydroxylation is 1. The van der Waals surface area contributed by atoms with Crippen LogP contribution in [0.1, 0.15) is 29.3 Å². The summed E-state index contributed by atoms with van der Waals surface area (Å²) >= 11 is 0. The maximum atomic E-state index is 13.5. The summed E-state index contributed by atoms with van der Waals surface area (Å²) in [7, 11) is 0. The Labute approximate surface area is 116 Å². The van der Waals surface area contributed by atoms with Crippen LogP contribution < -0.4 is 0 Å². The second kappa shape index (κ2) is 5.63. The molecule has 0 saturated carbocycles. The zero-order valence-corrected chi connectivity index (χ0v) is 10.8. The lowest BCUT2D eigenvalue weighted by atomic mass is 10.0. The summed E-state index contributed by atoms with van der Waals surface area (Å²) in [5, 5.41) is 3.76. The Morgan fingerprint density at radius 2 is 1.57 bits per heavy atom. The van der Waals surface area contributed by atoms with E-state index in [1.54, 1.807) is 0 Å². The fourth-order valence-electron chi connectivity index (χ4n) is 1.78. The van der Waals surface area contributed by atoms with Gasteiger partial charge in [-0.2, -0.15) is 5.10 Å². The molecule has 1 aromatic heterocycles. The van der Waals surface area contributed by atoms with Gasteiger partial charge in [-0.1, -0.05) is 6.92 Å². The second-order valence-electron chi connectivity index (χ2n) is 4.27. The second-order valence-corrected chi connectivity index (χ2v) is 4.27. The average Bonchev–Trinajstić information content (AvgIpc) is 2.92. The van der Waals surface area contributed by atoms with E-state index in [2.05, 4.69) is 5.10 Å². The van der Waals surface area contributed by atoms with Crippen LogP contribution in [0.15, 0.2) is 12.4 Å². The van der Waals surface area contributed by atoms with Gasteiger partial charge in [0.25, 0.3) is 0 Å². The van der Waals surface area contributed by atoms with E-state index in [1.807, 2.05) is 6.92 Å². The molecule has 2 rings (SSSR count). The first-order valence-electron chi connectivity index (χ1n) is 5.97. The van der Waals surface area contributed by atoms with Gasteiger partial charge in [0.15, 0.2) is 23.3 Å². The molecule has 0 radical (unpaired) electrons. The molecular weight excluding hydrogens is 295 g/mol. The molecule has 2 aromatic rings. The Balaban J connectivity index is 2.53. The first-order valence-corrected chi connectivity index (χ1v) is 5.97. The molecule has 0 aliphatic heterocycles. The summed E-state index contributed by atoms with van der Waals surface area (Å²) in [6.07, 6.45) is 2.89. The van der Waals surface area contributed by atoms with Gasteiger partial charge in [0.2, 0.25) is 11.6 Å². The number of nitrogens with zero attached hydrogens (tertiary/aromatic N) is 2. The average molecular weight is 304 g/mol. The van der Waals surface area contributed by atoms with Crippen molar-refractivity contribution in [3.05, 3.63) is 52.6 Å². The van der Waals surface area contributed by atoms with Gasteiger partial charge < -0.3 is 0 Å². The Bertz CT molecular complexity index is 682. The molecule has 0 aliphatic rings. The van der Waals surface area contributed by atoms with Gasteiger partial charge in [-0.3, -0.25) is 9.48 Å². The molecule has 1 heterocycles. The summed E-state index contributed by atoms with van der Waals surface area (Å²) < 4.78 is 67.4. The summed E-state index contributed by atoms with van der Waals surface area (Å²) in [5.41, 5.74) is -1.74. The van der Waals surface area contributed by atoms with Crippen LogP contribution in [0, 0.1) is 29.1 Å². The highest BCUT2D eigenvalue weighted by molar-refractivity contribution is 6.09. The highest BCUT2D eigenvalue weighted by Gasteiger charge is 2.30. The zero-order valence-electron chi connectivity index (χ0n) is 10.8. The number of hydrogen-bond acceptors (Lipinski definition) is 2. The number of carbonyl (C=O) groups is 1. The summed E-state index contributed by atoms with van der Waals surface area (Å²) in [6, 6.07) is 0. The Kier molecular flexibility index (Phi) is 4.06. The molecule has 1 aromatic carbocycles. The quantitative estimate of drug-likeness (QED) is 0.376. The monoisotopic (exact) mass is 304 g/mol. The van der Waals surface area contributed by atoms with Crippen molar-refractivity contribution in [2.45, 2.75) is 19.9 Å². The summed E-state index contributed by atoms with van der Waals surface area (Å²) in [5.74, 6) is -12.2. The number of aromatic nitrogens is 2. The van der Waals surface area contributed by atoms with Crippen molar-refractivity contribution in [1.82, 2.24) is 9.78 Å². The molecule has 3 nitrogen and oxygen atoms in total. The largest absolute Gasteiger partial charge is 0.288 e. The third-order valence-electron chi connectivity index (χ3n) is 2.79. The Morgan fingerprint density at radius 1 is 1.05 bits per heavy atom. The predicted molar refractivity (Wildman–Crippen MR) is 62.2 cm³/mol. The van der Waals surface area contributed by atoms with Gasteiger partial charge in [0, 0.05) is 12.7 Å². The molecule has 112 valence electrons. The number of rotatable bonds is 4. The summed E-state index contributed by atoms with van der Waals surface area (Å²) in [4.78, 5) is 11.9. The summed E-state index contributed by atoms with van der Waals surface area (Å²) in [6.45, 7) is 2.29. The number of benzene rings is 1. The minimum atomic E-state index is -2.30. The van der Waals surface area contributed by atoms with Gasteiger partial charge in [-0.25, -0.2) is 22.0 Å². The van der Waals surface area contributed by atoms with Crippen LogP contribution in [0.25, 0.3) is 0 Å². The topological polar surface area (TPSA) is 34.9 Å². The molecule has 0 bridgehead atoms. The Morgan fingerprint density at radius 3 is 2.10 bits per heavy atom. The van der Waals surface area contributed by atoms with E-state index in [1.165, 1.54) is 10.9 Å². The first kappa shape index (κ1) is 15.1. The molecule has 0 unspecified atom stereocenters. The standard InChI is InChI=1S/C13H9F5N2O/c1-2-3-20-5-6(4-19-20)13(21)7-8(14)10(16)12(18)11(17)9(7)15/h4-5H,2-3H2,1H3. The lowest BCUT2D eigenvalue weighted by Gasteiger charge is -2.06. The molecule has 0 spiro atoms. The van der Waals surface area contributed by atoms with E-state index >= 15 is 0 Å². The Hall–Kier alpha value is -2.25. The van der Waals surface area contributed by atoms with Gasteiger partial charge >= 0.3 is 0 Å². The maximum Gasteiger partial charge on any atom is 0.202 e. The van der Waals surface area contributed by atoms with Gasteiger partial charge in [-0.05, 0) is 6.42 Å². The minimum absolute atomic E-state index is 0.258. The van der Waals surface area contributed by atoms with Crippen molar-refractivity contribution >= 4 is 5.78 Å². The van der Waals surface area contributed by atoms with Crippen LogP contribution in [-0.2, 0) is 6.54 Å². The van der Waals surface area contributed by atoms with E-state index in [4.69, 9.17) is 0 Å². The van der Waals surface area contributed by atoms with Crippen molar-refractivity contribution in [2.24, 2.45) is 0 Å². The van der Waals surface area contributed by atoms with E-state index < -0.39 is 40.4 Å². The molecule has 21 heavy (non-hydrogen) atoms. The zero-order chi connectivity index (χ0) is 15.7. The van der Waals surface area contributed by atoms with E-state index in [9.17, 15) is 26.7 Å². The SMILES string of the molecule is CCCn1cc(C(=O)c2c(F)c(F)c(F)c(F)c2F)cn1. The lowest BCUT2D eigenvalue weighted by molar-refractivity contribution is 0.102. The van der Waals surface area contributed by atoms with E-state index in [-0.39, 0.29) is 5.56 Å². The van der Waals surface area contributed by atoms with Crippen molar-refractivity contribution in [3.63, 3.8) is 0 Å². The number of ketones is 1. The third kappa shape index (κ3) is 2.53. The number of carbonyl (C=O) groups excluding carboxylic acids is 1. The smallest absolute Gasteiger partial charge is 0.202 e. The lowest BCUT2D eigenvalue weighted by Crippen LogP contribution is -2.13. The number of hydrogen-bond donors (Lipinski definition) is 0. The predicted octanol–water partition coefficient (Wildman–Crippen LogP) is 3.22. The fraction of sp³-hybridized carbons (Fsp3) is 0.231. The molecule has 0 aliphatic carbocycles. The van der Waals surface area contributed by atoms with Crippen molar-refractivity contribution < 1.29 is 26.7 Å². The van der Waals surface area contributed by atoms with Gasteiger partial charge in [-0.15, -0.1) is 0 Å². The van der Waals surface area contributed by atoms with Crippen LogP contribution >= 0.6 is 0 Å². The van der Waals surface area contributed by atoms with Gasteiger partial charge in [0.05, 0.1) is 11.8 Å². The molecule has 0 fully saturated rings. The van der Waals surface area contributed by atoms with Crippen molar-refractivity contribution in [1.29, 1.82) is 0 Å². The third-order valence-corrected chi connectivity index (χ3v) is 2.79. The van der Waals surface area contributed by atoms with Crippen LogP contribution in [0.2, 0.25) is 0 Å². The highest BCUT2D eigenvalue weighted by atomic mass is 19.2. The molecule has 0 amide bonds. The fourth-order valence-corrected chi connectivity index (χ4v) is 1.78. The van der Waals surface area contributed by atoms with Gasteiger partial charge in [0.1, 0.15) is 5.56 Å².